The zero-order valence-electron chi connectivity index (χ0n) is 21.7. The lowest BCUT2D eigenvalue weighted by atomic mass is 10.0. The highest BCUT2D eigenvalue weighted by Gasteiger charge is 2.17. The van der Waals surface area contributed by atoms with Crippen LogP contribution in [0, 0.1) is 0 Å². The van der Waals surface area contributed by atoms with Gasteiger partial charge in [-0.05, 0) is 54.8 Å². The van der Waals surface area contributed by atoms with Gasteiger partial charge in [-0.3, -0.25) is 5.32 Å². The molecule has 3 aromatic carbocycles. The molecule has 2 amide bonds. The molecule has 0 saturated heterocycles. The number of aromatic nitrogens is 4. The fourth-order valence-electron chi connectivity index (χ4n) is 4.13. The maximum absolute atomic E-state index is 12.7. The highest BCUT2D eigenvalue weighted by Crippen LogP contribution is 2.23. The zero-order chi connectivity index (χ0) is 27.9. The minimum atomic E-state index is -0.507. The number of anilines is 3. The molecule has 0 saturated carbocycles. The van der Waals surface area contributed by atoms with Crippen molar-refractivity contribution in [3.8, 4) is 16.9 Å². The van der Waals surface area contributed by atoms with Crippen LogP contribution in [0.25, 0.3) is 16.9 Å². The van der Waals surface area contributed by atoms with Gasteiger partial charge in [0.05, 0.1) is 24.2 Å². The Hall–Kier alpha value is -5.51. The van der Waals surface area contributed by atoms with Gasteiger partial charge < -0.3 is 15.8 Å². The number of nitrogen functional groups attached to an aromatic ring is 1. The summed E-state index contributed by atoms with van der Waals surface area (Å²) in [5.74, 6) is 0.0488. The lowest BCUT2D eigenvalue weighted by molar-refractivity contribution is 0.0527. The lowest BCUT2D eigenvalue weighted by Crippen LogP contribution is -2.21. The van der Waals surface area contributed by atoms with E-state index >= 15 is 0 Å². The molecule has 0 atom stereocenters. The van der Waals surface area contributed by atoms with Gasteiger partial charge in [0, 0.05) is 11.3 Å². The number of esters is 1. The molecular weight excluding hydrogens is 506 g/mol. The Balaban J connectivity index is 1.24. The average molecular weight is 534 g/mol. The van der Waals surface area contributed by atoms with Crippen molar-refractivity contribution in [3.63, 3.8) is 0 Å². The van der Waals surface area contributed by atoms with E-state index in [1.54, 1.807) is 13.0 Å². The lowest BCUT2D eigenvalue weighted by Gasteiger charge is -2.12. The number of para-hydroxylation sites is 1. The van der Waals surface area contributed by atoms with Gasteiger partial charge in [0.1, 0.15) is 11.4 Å². The Morgan fingerprint density at radius 3 is 2.35 bits per heavy atom. The quantitative estimate of drug-likeness (QED) is 0.230. The minimum Gasteiger partial charge on any atom is -0.462 e. The molecule has 200 valence electrons. The van der Waals surface area contributed by atoms with E-state index in [-0.39, 0.29) is 18.0 Å². The van der Waals surface area contributed by atoms with Gasteiger partial charge in [0.15, 0.2) is 5.82 Å². The fourth-order valence-corrected chi connectivity index (χ4v) is 4.13. The third-order valence-corrected chi connectivity index (χ3v) is 6.12. The van der Waals surface area contributed by atoms with Gasteiger partial charge in [-0.2, -0.15) is 5.10 Å². The molecule has 2 heterocycles. The van der Waals surface area contributed by atoms with Crippen LogP contribution in [0.5, 0.6) is 0 Å². The van der Waals surface area contributed by atoms with Gasteiger partial charge in [0.25, 0.3) is 0 Å². The van der Waals surface area contributed by atoms with Gasteiger partial charge in [-0.25, -0.2) is 14.3 Å². The largest absolute Gasteiger partial charge is 0.462 e. The number of nitrogens with one attached hydrogen (secondary N) is 2. The first-order valence-electron chi connectivity index (χ1n) is 12.7. The first kappa shape index (κ1) is 26.1. The van der Waals surface area contributed by atoms with Crippen molar-refractivity contribution >= 4 is 29.3 Å². The molecule has 5 aromatic rings. The monoisotopic (exact) mass is 533 g/mol. The second-order valence-corrected chi connectivity index (χ2v) is 8.83. The van der Waals surface area contributed by atoms with Crippen LogP contribution < -0.4 is 16.4 Å². The smallest absolute Gasteiger partial charge is 0.343 e. The van der Waals surface area contributed by atoms with Crippen molar-refractivity contribution in [2.75, 3.05) is 23.0 Å². The number of rotatable bonds is 8. The molecule has 5 rings (SSSR count). The normalized spacial score (nSPS) is 10.6. The second kappa shape index (κ2) is 11.9. The predicted molar refractivity (Wildman–Crippen MR) is 153 cm³/mol. The molecule has 10 heteroatoms. The molecular formula is C30H27N7O3. The molecule has 0 bridgehead atoms. The summed E-state index contributed by atoms with van der Waals surface area (Å²) in [6.45, 7) is 1.99. The summed E-state index contributed by atoms with van der Waals surface area (Å²) >= 11 is 0. The maximum atomic E-state index is 12.7. The van der Waals surface area contributed by atoms with Crippen LogP contribution in [-0.2, 0) is 11.2 Å². The van der Waals surface area contributed by atoms with Crippen molar-refractivity contribution in [2.24, 2.45) is 0 Å². The standard InChI is InChI=1S/C30H27N7O3/c1-2-40-29(38)24-19-32-37(28(24)31)23-14-12-20(13-15-23)18-22-10-6-7-11-25(22)33-30(39)34-27-17-16-26(35-36-27)21-8-4-3-5-9-21/h3-17,19H,2,18,31H2,1H3,(H2,33,34,36,39). The van der Waals surface area contributed by atoms with E-state index in [1.807, 2.05) is 84.9 Å². The molecule has 0 aliphatic rings. The Bertz CT molecular complexity index is 1620. The number of amides is 2. The van der Waals surface area contributed by atoms with Crippen LogP contribution in [-0.4, -0.2) is 38.6 Å². The number of urea groups is 1. The summed E-state index contributed by atoms with van der Waals surface area (Å²) in [6, 6.07) is 28.0. The van der Waals surface area contributed by atoms with Gasteiger partial charge in [-0.15, -0.1) is 10.2 Å². The summed E-state index contributed by atoms with van der Waals surface area (Å²) < 4.78 is 6.51. The number of nitrogens with zero attached hydrogens (tertiary/aromatic N) is 4. The number of hydrogen-bond acceptors (Lipinski definition) is 7. The molecule has 40 heavy (non-hydrogen) atoms. The van der Waals surface area contributed by atoms with E-state index in [4.69, 9.17) is 10.5 Å². The number of hydrogen-bond donors (Lipinski definition) is 3. The second-order valence-electron chi connectivity index (χ2n) is 8.83. The van der Waals surface area contributed by atoms with Crippen LogP contribution in [0.4, 0.5) is 22.1 Å². The summed E-state index contributed by atoms with van der Waals surface area (Å²) in [6.07, 6.45) is 1.97. The molecule has 0 aliphatic heterocycles. The summed E-state index contributed by atoms with van der Waals surface area (Å²) in [5, 5.41) is 18.2. The fraction of sp³-hybridized carbons (Fsp3) is 0.100. The van der Waals surface area contributed by atoms with Crippen molar-refractivity contribution in [2.45, 2.75) is 13.3 Å². The Morgan fingerprint density at radius 1 is 0.875 bits per heavy atom. The molecule has 2 aromatic heterocycles. The highest BCUT2D eigenvalue weighted by atomic mass is 16.5. The molecule has 0 fully saturated rings. The van der Waals surface area contributed by atoms with Gasteiger partial charge in [0.2, 0.25) is 0 Å². The average Bonchev–Trinajstić information content (AvgIpc) is 3.36. The van der Waals surface area contributed by atoms with Crippen LogP contribution >= 0.6 is 0 Å². The van der Waals surface area contributed by atoms with Crippen LogP contribution in [0.1, 0.15) is 28.4 Å². The Labute approximate surface area is 230 Å². The van der Waals surface area contributed by atoms with Crippen molar-refractivity contribution in [1.29, 1.82) is 0 Å². The van der Waals surface area contributed by atoms with E-state index < -0.39 is 12.0 Å². The number of ether oxygens (including phenoxy) is 1. The first-order chi connectivity index (χ1) is 19.5. The highest BCUT2D eigenvalue weighted by molar-refractivity contribution is 5.99. The third-order valence-electron chi connectivity index (χ3n) is 6.12. The molecule has 0 unspecified atom stereocenters. The van der Waals surface area contributed by atoms with Crippen molar-refractivity contribution in [3.05, 3.63) is 114 Å². The third kappa shape index (κ3) is 5.97. The van der Waals surface area contributed by atoms with E-state index in [1.165, 1.54) is 10.9 Å². The minimum absolute atomic E-state index is 0.214. The van der Waals surface area contributed by atoms with Crippen LogP contribution in [0.2, 0.25) is 0 Å². The number of carbonyl (C=O) groups excluding carboxylic acids is 2. The van der Waals surface area contributed by atoms with Crippen molar-refractivity contribution < 1.29 is 14.3 Å². The van der Waals surface area contributed by atoms with E-state index in [9.17, 15) is 9.59 Å². The van der Waals surface area contributed by atoms with Crippen LogP contribution in [0.3, 0.4) is 0 Å². The molecule has 4 N–H and O–H groups in total. The van der Waals surface area contributed by atoms with Crippen LogP contribution in [0.15, 0.2) is 97.2 Å². The molecule has 0 radical (unpaired) electrons. The SMILES string of the molecule is CCOC(=O)c1cnn(-c2ccc(Cc3ccccc3NC(=O)Nc3ccc(-c4ccccc4)nn3)cc2)c1N. The zero-order valence-corrected chi connectivity index (χ0v) is 21.7. The Morgan fingerprint density at radius 2 is 1.62 bits per heavy atom. The first-order valence-corrected chi connectivity index (χ1v) is 12.7. The summed E-state index contributed by atoms with van der Waals surface area (Å²) in [4.78, 5) is 24.8. The van der Waals surface area contributed by atoms with Crippen molar-refractivity contribution in [1.82, 2.24) is 20.0 Å². The summed E-state index contributed by atoms with van der Waals surface area (Å²) in [7, 11) is 0. The van der Waals surface area contributed by atoms with Gasteiger partial charge in [-0.1, -0.05) is 60.7 Å². The number of nitrogens with two attached hydrogens (primary N) is 1. The van der Waals surface area contributed by atoms with E-state index in [2.05, 4.69) is 25.9 Å². The molecule has 0 aliphatic carbocycles. The summed E-state index contributed by atoms with van der Waals surface area (Å²) in [5.41, 5.74) is 11.3. The Kier molecular flexibility index (Phi) is 7.77. The van der Waals surface area contributed by atoms with E-state index in [0.717, 1.165) is 22.4 Å². The van der Waals surface area contributed by atoms with E-state index in [0.29, 0.717) is 23.6 Å². The topological polar surface area (TPSA) is 137 Å². The number of carbonyl (C=O) groups is 2. The molecule has 10 nitrogen and oxygen atoms in total. The number of benzene rings is 3. The van der Waals surface area contributed by atoms with Gasteiger partial charge >= 0.3 is 12.0 Å². The predicted octanol–water partition coefficient (Wildman–Crippen LogP) is 5.32. The maximum Gasteiger partial charge on any atom is 0.343 e. The molecule has 0 spiro atoms.